The maximum absolute atomic E-state index is 15.2. The number of nitrogens with one attached hydrogen (secondary N) is 2. The van der Waals surface area contributed by atoms with E-state index >= 15 is 4.39 Å². The van der Waals surface area contributed by atoms with Gasteiger partial charge in [-0.1, -0.05) is 6.08 Å². The molecule has 0 saturated heterocycles. The molecular weight excluding hydrogens is 461 g/mol. The first-order chi connectivity index (χ1) is 17.5. The molecule has 0 spiro atoms. The van der Waals surface area contributed by atoms with Crippen LogP contribution in [0.4, 0.5) is 15.9 Å². The number of aromatic nitrogens is 7. The Morgan fingerprint density at radius 1 is 1.14 bits per heavy atom. The Balaban J connectivity index is 1.31. The molecule has 5 heterocycles. The number of benzene rings is 1. The zero-order valence-corrected chi connectivity index (χ0v) is 19.6. The standard InChI is InChI=1S/C25H22FN9O/c1-14-7-19(18(26)10-21(14)36-17-4-6-35-22(9-17)30-13-32-35)33-25-23-20(29-12-31-25)11-28-24(34-23)16-3-5-27-15(2)8-16/h4,6-13,15,27H,3,5H2,1-2H3,(H,29,31,33)/t15-/m0/s1. The summed E-state index contributed by atoms with van der Waals surface area (Å²) >= 11 is 0. The van der Waals surface area contributed by atoms with Gasteiger partial charge in [-0.25, -0.2) is 33.8 Å². The van der Waals surface area contributed by atoms with Gasteiger partial charge in [0.2, 0.25) is 0 Å². The summed E-state index contributed by atoms with van der Waals surface area (Å²) in [6.07, 6.45) is 9.20. The number of anilines is 2. The van der Waals surface area contributed by atoms with E-state index in [1.54, 1.807) is 35.1 Å². The molecule has 6 rings (SSSR count). The molecule has 11 heteroatoms. The summed E-state index contributed by atoms with van der Waals surface area (Å²) < 4.78 is 22.7. The van der Waals surface area contributed by atoms with Crippen molar-refractivity contribution in [2.24, 2.45) is 0 Å². The predicted octanol–water partition coefficient (Wildman–Crippen LogP) is 4.21. The van der Waals surface area contributed by atoms with Crippen LogP contribution in [0.5, 0.6) is 11.5 Å². The minimum absolute atomic E-state index is 0.244. The van der Waals surface area contributed by atoms with E-state index in [1.807, 2.05) is 6.92 Å². The van der Waals surface area contributed by atoms with Crippen LogP contribution in [0.3, 0.4) is 0 Å². The molecule has 0 saturated carbocycles. The van der Waals surface area contributed by atoms with Gasteiger partial charge in [-0.3, -0.25) is 0 Å². The Kier molecular flexibility index (Phi) is 5.45. The quantitative estimate of drug-likeness (QED) is 0.379. The van der Waals surface area contributed by atoms with Gasteiger partial charge in [-0.2, -0.15) is 5.10 Å². The van der Waals surface area contributed by atoms with Gasteiger partial charge in [0.15, 0.2) is 17.3 Å². The molecule has 10 nitrogen and oxygen atoms in total. The maximum Gasteiger partial charge on any atom is 0.160 e. The number of fused-ring (bicyclic) bond motifs is 2. The summed E-state index contributed by atoms with van der Waals surface area (Å²) in [5, 5.41) is 10.5. The third-order valence-electron chi connectivity index (χ3n) is 5.97. The molecule has 0 unspecified atom stereocenters. The Bertz CT molecular complexity index is 1630. The lowest BCUT2D eigenvalue weighted by Crippen LogP contribution is -2.29. The fourth-order valence-corrected chi connectivity index (χ4v) is 4.15. The number of halogens is 1. The average molecular weight is 484 g/mol. The first-order valence-corrected chi connectivity index (χ1v) is 11.5. The molecule has 1 atom stereocenters. The Morgan fingerprint density at radius 2 is 2.06 bits per heavy atom. The number of rotatable bonds is 5. The Morgan fingerprint density at radius 3 is 2.94 bits per heavy atom. The third-order valence-corrected chi connectivity index (χ3v) is 5.97. The van der Waals surface area contributed by atoms with Gasteiger partial charge in [0, 0.05) is 24.4 Å². The second-order valence-electron chi connectivity index (χ2n) is 8.58. The van der Waals surface area contributed by atoms with Gasteiger partial charge in [0.1, 0.15) is 41.0 Å². The highest BCUT2D eigenvalue weighted by Crippen LogP contribution is 2.32. The molecule has 4 aromatic heterocycles. The zero-order valence-electron chi connectivity index (χ0n) is 19.6. The Labute approximate surface area is 205 Å². The number of hydrogen-bond acceptors (Lipinski definition) is 9. The van der Waals surface area contributed by atoms with Crippen LogP contribution in [0.15, 0.2) is 55.4 Å². The zero-order chi connectivity index (χ0) is 24.6. The van der Waals surface area contributed by atoms with E-state index in [9.17, 15) is 0 Å². The molecule has 0 fully saturated rings. The van der Waals surface area contributed by atoms with Crippen LogP contribution in [-0.2, 0) is 0 Å². The minimum atomic E-state index is -0.491. The summed E-state index contributed by atoms with van der Waals surface area (Å²) in [5.74, 6) is 1.46. The molecule has 1 aliphatic rings. The second kappa shape index (κ2) is 8.93. The molecule has 0 bridgehead atoms. The van der Waals surface area contributed by atoms with Crippen molar-refractivity contribution in [2.45, 2.75) is 26.3 Å². The molecule has 2 N–H and O–H groups in total. The van der Waals surface area contributed by atoms with Crippen molar-refractivity contribution in [2.75, 3.05) is 11.9 Å². The molecule has 1 aliphatic heterocycles. The van der Waals surface area contributed by atoms with Crippen LogP contribution in [0.2, 0.25) is 0 Å². The normalized spacial score (nSPS) is 15.8. The van der Waals surface area contributed by atoms with Crippen molar-refractivity contribution in [3.05, 3.63) is 72.6 Å². The van der Waals surface area contributed by atoms with E-state index in [0.717, 1.165) is 24.1 Å². The van der Waals surface area contributed by atoms with Crippen LogP contribution >= 0.6 is 0 Å². The maximum atomic E-state index is 15.2. The number of nitrogens with zero attached hydrogens (tertiary/aromatic N) is 7. The van der Waals surface area contributed by atoms with E-state index in [4.69, 9.17) is 9.72 Å². The van der Waals surface area contributed by atoms with E-state index in [0.29, 0.717) is 39.8 Å². The molecule has 0 radical (unpaired) electrons. The topological polar surface area (TPSA) is 115 Å². The number of aryl methyl sites for hydroxylation is 1. The summed E-state index contributed by atoms with van der Waals surface area (Å²) in [6, 6.07) is 6.74. The van der Waals surface area contributed by atoms with Gasteiger partial charge >= 0.3 is 0 Å². The monoisotopic (exact) mass is 483 g/mol. The van der Waals surface area contributed by atoms with Crippen molar-refractivity contribution in [1.29, 1.82) is 0 Å². The smallest absolute Gasteiger partial charge is 0.160 e. The highest BCUT2D eigenvalue weighted by Gasteiger charge is 2.17. The molecule has 36 heavy (non-hydrogen) atoms. The van der Waals surface area contributed by atoms with E-state index in [2.05, 4.69) is 48.7 Å². The fraction of sp³-hybridized carbons (Fsp3) is 0.200. The van der Waals surface area contributed by atoms with E-state index < -0.39 is 5.82 Å². The Hall–Kier alpha value is -4.51. The van der Waals surface area contributed by atoms with Crippen molar-refractivity contribution in [3.63, 3.8) is 0 Å². The molecule has 0 aliphatic carbocycles. The van der Waals surface area contributed by atoms with Crippen LogP contribution in [0, 0.1) is 12.7 Å². The lowest BCUT2D eigenvalue weighted by atomic mass is 10.0. The highest BCUT2D eigenvalue weighted by molar-refractivity contribution is 5.87. The van der Waals surface area contributed by atoms with Crippen molar-refractivity contribution >= 4 is 33.8 Å². The van der Waals surface area contributed by atoms with Gasteiger partial charge in [-0.15, -0.1) is 0 Å². The van der Waals surface area contributed by atoms with Crippen LogP contribution in [0.1, 0.15) is 24.7 Å². The van der Waals surface area contributed by atoms with Gasteiger partial charge in [0.05, 0.1) is 11.9 Å². The molecule has 5 aromatic rings. The lowest BCUT2D eigenvalue weighted by molar-refractivity contribution is 0.473. The number of hydrogen-bond donors (Lipinski definition) is 2. The van der Waals surface area contributed by atoms with E-state index in [1.165, 1.54) is 18.7 Å². The van der Waals surface area contributed by atoms with Crippen LogP contribution in [0.25, 0.3) is 22.3 Å². The summed E-state index contributed by atoms with van der Waals surface area (Å²) in [5.41, 5.74) is 3.78. The average Bonchev–Trinajstić information content (AvgIpc) is 3.35. The van der Waals surface area contributed by atoms with Crippen molar-refractivity contribution in [3.8, 4) is 11.5 Å². The highest BCUT2D eigenvalue weighted by atomic mass is 19.1. The van der Waals surface area contributed by atoms with E-state index in [-0.39, 0.29) is 11.7 Å². The minimum Gasteiger partial charge on any atom is -0.457 e. The molecule has 180 valence electrons. The summed E-state index contributed by atoms with van der Waals surface area (Å²) in [6.45, 7) is 4.79. The third kappa shape index (κ3) is 4.20. The molecule has 1 aromatic carbocycles. The van der Waals surface area contributed by atoms with Crippen LogP contribution in [-0.4, -0.2) is 47.1 Å². The first kappa shape index (κ1) is 22.0. The lowest BCUT2D eigenvalue weighted by Gasteiger charge is -2.19. The predicted molar refractivity (Wildman–Crippen MR) is 133 cm³/mol. The van der Waals surface area contributed by atoms with Gasteiger partial charge in [-0.05, 0) is 50.1 Å². The number of ether oxygens (including phenoxy) is 1. The summed E-state index contributed by atoms with van der Waals surface area (Å²) in [7, 11) is 0. The molecule has 0 amide bonds. The first-order valence-electron chi connectivity index (χ1n) is 11.5. The largest absolute Gasteiger partial charge is 0.457 e. The molecular formula is C25H22FN9O. The van der Waals surface area contributed by atoms with Crippen molar-refractivity contribution in [1.82, 2.24) is 39.9 Å². The summed E-state index contributed by atoms with van der Waals surface area (Å²) in [4.78, 5) is 22.0. The van der Waals surface area contributed by atoms with Crippen molar-refractivity contribution < 1.29 is 9.13 Å². The fourth-order valence-electron chi connectivity index (χ4n) is 4.15. The number of pyridine rings is 1. The van der Waals surface area contributed by atoms with Crippen LogP contribution < -0.4 is 15.4 Å². The van der Waals surface area contributed by atoms with Gasteiger partial charge < -0.3 is 15.4 Å². The second-order valence-corrected chi connectivity index (χ2v) is 8.58. The SMILES string of the molecule is Cc1cc(Nc2ncnc3cnc(C4=C[C@H](C)NCC4)nc23)c(F)cc1Oc1ccn2ncnc2c1. The van der Waals surface area contributed by atoms with Gasteiger partial charge in [0.25, 0.3) is 0 Å².